The van der Waals surface area contributed by atoms with Crippen molar-refractivity contribution in [1.82, 2.24) is 0 Å². The molecule has 0 unspecified atom stereocenters. The molecule has 0 amide bonds. The third-order valence-corrected chi connectivity index (χ3v) is 2.64. The second-order valence-corrected chi connectivity index (χ2v) is 4.04. The van der Waals surface area contributed by atoms with Crippen LogP contribution >= 0.6 is 11.6 Å². The van der Waals surface area contributed by atoms with Gasteiger partial charge in [-0.25, -0.2) is 13.2 Å². The highest BCUT2D eigenvalue weighted by Gasteiger charge is 2.04. The Hall–Kier alpha value is -2.01. The predicted molar refractivity (Wildman–Crippen MR) is 69.0 cm³/mol. The Labute approximate surface area is 112 Å². The molecule has 6 heteroatoms. The predicted octanol–water partition coefficient (Wildman–Crippen LogP) is 4.20. The summed E-state index contributed by atoms with van der Waals surface area (Å²) in [5.41, 5.74) is 2.41. The Morgan fingerprint density at radius 2 is 1.84 bits per heavy atom. The fourth-order valence-corrected chi connectivity index (χ4v) is 1.59. The number of hydrogen-bond donors (Lipinski definition) is 1. The van der Waals surface area contributed by atoms with Crippen molar-refractivity contribution in [2.45, 2.75) is 0 Å². The molecule has 98 valence electrons. The molecule has 0 atom stereocenters. The van der Waals surface area contributed by atoms with Crippen LogP contribution in [0.5, 0.6) is 0 Å². The van der Waals surface area contributed by atoms with Crippen molar-refractivity contribution >= 4 is 23.5 Å². The third kappa shape index (κ3) is 3.26. The SMILES string of the molecule is Fc1ccc(N/N=C\c2c(F)cccc2Cl)c(F)c1. The quantitative estimate of drug-likeness (QED) is 0.663. The van der Waals surface area contributed by atoms with E-state index in [0.717, 1.165) is 12.3 Å². The molecule has 0 aliphatic heterocycles. The van der Waals surface area contributed by atoms with Crippen LogP contribution in [0.25, 0.3) is 0 Å². The van der Waals surface area contributed by atoms with Crippen LogP contribution in [0.15, 0.2) is 41.5 Å². The Morgan fingerprint density at radius 1 is 1.05 bits per heavy atom. The monoisotopic (exact) mass is 284 g/mol. The van der Waals surface area contributed by atoms with E-state index in [9.17, 15) is 13.2 Å². The summed E-state index contributed by atoms with van der Waals surface area (Å²) >= 11 is 5.78. The Balaban J connectivity index is 2.16. The van der Waals surface area contributed by atoms with Crippen molar-refractivity contribution in [1.29, 1.82) is 0 Å². The summed E-state index contributed by atoms with van der Waals surface area (Å²) in [6.07, 6.45) is 1.13. The van der Waals surface area contributed by atoms with E-state index in [2.05, 4.69) is 10.5 Å². The van der Waals surface area contributed by atoms with Crippen LogP contribution in [0, 0.1) is 17.5 Å². The minimum atomic E-state index is -0.795. The summed E-state index contributed by atoms with van der Waals surface area (Å²) in [5, 5.41) is 3.85. The smallest absolute Gasteiger partial charge is 0.151 e. The van der Waals surface area contributed by atoms with Gasteiger partial charge in [-0.1, -0.05) is 17.7 Å². The summed E-state index contributed by atoms with van der Waals surface area (Å²) in [6, 6.07) is 7.17. The largest absolute Gasteiger partial charge is 0.276 e. The van der Waals surface area contributed by atoms with E-state index < -0.39 is 17.5 Å². The third-order valence-electron chi connectivity index (χ3n) is 2.31. The molecular formula is C13H8ClF3N2. The summed E-state index contributed by atoms with van der Waals surface area (Å²) in [7, 11) is 0. The van der Waals surface area contributed by atoms with Gasteiger partial charge in [0.2, 0.25) is 0 Å². The molecule has 2 rings (SSSR count). The molecule has 1 N–H and O–H groups in total. The first-order valence-corrected chi connectivity index (χ1v) is 5.64. The Bertz CT molecular complexity index is 609. The molecule has 0 aliphatic carbocycles. The van der Waals surface area contributed by atoms with Crippen LogP contribution in [0.3, 0.4) is 0 Å². The molecule has 2 aromatic rings. The zero-order valence-corrected chi connectivity index (χ0v) is 10.3. The summed E-state index contributed by atoms with van der Waals surface area (Å²) in [5.74, 6) is -2.03. The molecule has 0 saturated carbocycles. The number of nitrogens with one attached hydrogen (secondary N) is 1. The fraction of sp³-hybridized carbons (Fsp3) is 0. The van der Waals surface area contributed by atoms with Crippen molar-refractivity contribution in [2.24, 2.45) is 5.10 Å². The molecule has 2 nitrogen and oxygen atoms in total. The van der Waals surface area contributed by atoms with Crippen LogP contribution in [-0.4, -0.2) is 6.21 Å². The van der Waals surface area contributed by atoms with Gasteiger partial charge < -0.3 is 0 Å². The second kappa shape index (κ2) is 5.75. The number of hydrazone groups is 1. The van der Waals surface area contributed by atoms with E-state index in [1.165, 1.54) is 24.3 Å². The van der Waals surface area contributed by atoms with Crippen LogP contribution < -0.4 is 5.43 Å². The van der Waals surface area contributed by atoms with Crippen molar-refractivity contribution in [3.63, 3.8) is 0 Å². The lowest BCUT2D eigenvalue weighted by Gasteiger charge is -2.02. The lowest BCUT2D eigenvalue weighted by molar-refractivity contribution is 0.585. The second-order valence-electron chi connectivity index (χ2n) is 3.63. The van der Waals surface area contributed by atoms with Gasteiger partial charge in [0.15, 0.2) is 5.82 Å². The molecule has 0 aromatic heterocycles. The van der Waals surface area contributed by atoms with Crippen LogP contribution in [0.2, 0.25) is 5.02 Å². The molecule has 0 radical (unpaired) electrons. The first kappa shape index (κ1) is 13.4. The van der Waals surface area contributed by atoms with Gasteiger partial charge in [-0.3, -0.25) is 5.43 Å². The van der Waals surface area contributed by atoms with E-state index in [1.807, 2.05) is 0 Å². The molecule has 0 fully saturated rings. The zero-order chi connectivity index (χ0) is 13.8. The number of halogens is 4. The molecule has 2 aromatic carbocycles. The van der Waals surface area contributed by atoms with E-state index in [0.29, 0.717) is 6.07 Å². The molecular weight excluding hydrogens is 277 g/mol. The maximum Gasteiger partial charge on any atom is 0.151 e. The van der Waals surface area contributed by atoms with E-state index in [1.54, 1.807) is 0 Å². The summed E-state index contributed by atoms with van der Waals surface area (Å²) in [6.45, 7) is 0. The number of hydrogen-bond acceptors (Lipinski definition) is 2. The molecule has 0 spiro atoms. The highest BCUT2D eigenvalue weighted by Crippen LogP contribution is 2.18. The van der Waals surface area contributed by atoms with E-state index in [-0.39, 0.29) is 16.3 Å². The number of benzene rings is 2. The lowest BCUT2D eigenvalue weighted by atomic mass is 10.2. The zero-order valence-electron chi connectivity index (χ0n) is 9.50. The highest BCUT2D eigenvalue weighted by molar-refractivity contribution is 6.33. The number of rotatable bonds is 3. The maximum absolute atomic E-state index is 13.4. The van der Waals surface area contributed by atoms with Crippen molar-refractivity contribution in [3.8, 4) is 0 Å². The maximum atomic E-state index is 13.4. The van der Waals surface area contributed by atoms with Gasteiger partial charge in [0.1, 0.15) is 11.6 Å². The molecule has 0 saturated heterocycles. The first-order chi connectivity index (χ1) is 9.08. The van der Waals surface area contributed by atoms with Crippen LogP contribution in [-0.2, 0) is 0 Å². The Morgan fingerprint density at radius 3 is 2.53 bits per heavy atom. The Kier molecular flexibility index (Phi) is 4.06. The normalized spacial score (nSPS) is 10.9. The van der Waals surface area contributed by atoms with Gasteiger partial charge in [0.05, 0.1) is 16.9 Å². The molecule has 0 aliphatic rings. The average molecular weight is 285 g/mol. The average Bonchev–Trinajstić information content (AvgIpc) is 2.35. The molecule has 19 heavy (non-hydrogen) atoms. The minimum Gasteiger partial charge on any atom is -0.276 e. The lowest BCUT2D eigenvalue weighted by Crippen LogP contribution is -1.96. The number of nitrogens with zero attached hydrogens (tertiary/aromatic N) is 1. The van der Waals surface area contributed by atoms with Gasteiger partial charge >= 0.3 is 0 Å². The van der Waals surface area contributed by atoms with Crippen molar-refractivity contribution in [3.05, 3.63) is 64.4 Å². The van der Waals surface area contributed by atoms with Crippen molar-refractivity contribution in [2.75, 3.05) is 5.43 Å². The molecule has 0 bridgehead atoms. The minimum absolute atomic E-state index is 0.0230. The van der Waals surface area contributed by atoms with Crippen LogP contribution in [0.1, 0.15) is 5.56 Å². The summed E-state index contributed by atoms with van der Waals surface area (Å²) in [4.78, 5) is 0. The topological polar surface area (TPSA) is 24.4 Å². The van der Waals surface area contributed by atoms with Gasteiger partial charge in [-0.05, 0) is 24.3 Å². The van der Waals surface area contributed by atoms with Crippen molar-refractivity contribution < 1.29 is 13.2 Å². The number of anilines is 1. The van der Waals surface area contributed by atoms with Gasteiger partial charge in [-0.2, -0.15) is 5.10 Å². The molecule has 0 heterocycles. The van der Waals surface area contributed by atoms with Gasteiger partial charge in [0, 0.05) is 11.6 Å². The van der Waals surface area contributed by atoms with Gasteiger partial charge in [0.25, 0.3) is 0 Å². The van der Waals surface area contributed by atoms with Crippen LogP contribution in [0.4, 0.5) is 18.9 Å². The van der Waals surface area contributed by atoms with E-state index >= 15 is 0 Å². The fourth-order valence-electron chi connectivity index (χ4n) is 1.38. The van der Waals surface area contributed by atoms with E-state index in [4.69, 9.17) is 11.6 Å². The first-order valence-electron chi connectivity index (χ1n) is 5.26. The highest BCUT2D eigenvalue weighted by atomic mass is 35.5. The van der Waals surface area contributed by atoms with Gasteiger partial charge in [-0.15, -0.1) is 0 Å². The summed E-state index contributed by atoms with van der Waals surface area (Å²) < 4.78 is 39.3. The standard InChI is InChI=1S/C13H8ClF3N2/c14-10-2-1-3-11(16)9(10)7-18-19-13-5-4-8(15)6-12(13)17/h1-7,19H/b18-7-.